The van der Waals surface area contributed by atoms with Gasteiger partial charge in [0, 0.05) is 0 Å². The molecule has 1 aromatic carbocycles. The summed E-state index contributed by atoms with van der Waals surface area (Å²) in [4.78, 5) is 11.2. The molecule has 0 aliphatic carbocycles. The van der Waals surface area contributed by atoms with Crippen molar-refractivity contribution in [2.24, 2.45) is 0 Å². The molecular formula is C15H17F4NO4. The number of nitrogens with one attached hydrogen (secondary N) is 1. The first-order chi connectivity index (χ1) is 11.2. The van der Waals surface area contributed by atoms with Crippen molar-refractivity contribution < 1.29 is 36.9 Å². The molecule has 1 amide bonds. The Balaban J connectivity index is 2.12. The third-order valence-electron chi connectivity index (χ3n) is 3.64. The summed E-state index contributed by atoms with van der Waals surface area (Å²) in [7, 11) is 0. The van der Waals surface area contributed by atoms with Crippen molar-refractivity contribution in [3.05, 3.63) is 35.9 Å². The van der Waals surface area contributed by atoms with E-state index in [-0.39, 0.29) is 6.61 Å². The summed E-state index contributed by atoms with van der Waals surface area (Å²) in [6.45, 7) is 1.22. The number of aliphatic hydroxyl groups is 1. The molecule has 1 saturated heterocycles. The summed E-state index contributed by atoms with van der Waals surface area (Å²) in [5.74, 6) is -2.22. The lowest BCUT2D eigenvalue weighted by molar-refractivity contribution is -0.247. The highest BCUT2D eigenvalue weighted by atomic mass is 19.4. The van der Waals surface area contributed by atoms with E-state index in [4.69, 9.17) is 9.47 Å². The first-order valence-electron chi connectivity index (χ1n) is 7.21. The van der Waals surface area contributed by atoms with E-state index in [0.717, 1.165) is 0 Å². The largest absolute Gasteiger partial charge is 0.471 e. The van der Waals surface area contributed by atoms with Crippen molar-refractivity contribution >= 4 is 5.91 Å². The second kappa shape index (κ2) is 7.45. The molecule has 1 heterocycles. The lowest BCUT2D eigenvalue weighted by Gasteiger charge is -2.41. The Bertz CT molecular complexity index is 554. The maximum absolute atomic E-state index is 14.2. The highest BCUT2D eigenvalue weighted by Crippen LogP contribution is 2.27. The normalized spacial score (nSPS) is 30.8. The van der Waals surface area contributed by atoms with Gasteiger partial charge in [0.05, 0.1) is 18.8 Å². The average molecular weight is 351 g/mol. The molecule has 24 heavy (non-hydrogen) atoms. The van der Waals surface area contributed by atoms with Crippen molar-refractivity contribution in [2.45, 2.75) is 50.4 Å². The molecule has 0 aromatic heterocycles. The summed E-state index contributed by atoms with van der Waals surface area (Å²) >= 11 is 0. The number of alkyl halides is 4. The second-order valence-electron chi connectivity index (χ2n) is 5.43. The number of aliphatic hydroxyl groups excluding tert-OH is 1. The fourth-order valence-electron chi connectivity index (χ4n) is 2.40. The van der Waals surface area contributed by atoms with E-state index in [1.807, 2.05) is 0 Å². The number of ether oxygens (including phenoxy) is 2. The fraction of sp³-hybridized carbons (Fsp3) is 0.533. The number of benzene rings is 1. The predicted octanol–water partition coefficient (Wildman–Crippen LogP) is 1.69. The monoisotopic (exact) mass is 351 g/mol. The van der Waals surface area contributed by atoms with Crippen LogP contribution in [0.1, 0.15) is 12.5 Å². The van der Waals surface area contributed by atoms with Crippen LogP contribution in [0.3, 0.4) is 0 Å². The molecule has 134 valence electrons. The van der Waals surface area contributed by atoms with Crippen LogP contribution in [0.4, 0.5) is 17.6 Å². The molecule has 5 atom stereocenters. The van der Waals surface area contributed by atoms with E-state index in [1.165, 1.54) is 6.92 Å². The van der Waals surface area contributed by atoms with Crippen LogP contribution in [0.5, 0.6) is 0 Å². The minimum Gasteiger partial charge on any atom is -0.368 e. The highest BCUT2D eigenvalue weighted by Gasteiger charge is 2.49. The third-order valence-corrected chi connectivity index (χ3v) is 3.64. The Morgan fingerprint density at radius 1 is 1.33 bits per heavy atom. The van der Waals surface area contributed by atoms with Crippen molar-refractivity contribution in [1.29, 1.82) is 0 Å². The third kappa shape index (κ3) is 4.43. The molecule has 1 aliphatic heterocycles. The van der Waals surface area contributed by atoms with Crippen LogP contribution in [0.2, 0.25) is 0 Å². The Morgan fingerprint density at radius 2 is 1.96 bits per heavy atom. The Hall–Kier alpha value is -1.71. The van der Waals surface area contributed by atoms with Gasteiger partial charge in [-0.2, -0.15) is 13.2 Å². The number of hydrogen-bond donors (Lipinski definition) is 2. The number of amides is 1. The van der Waals surface area contributed by atoms with Crippen LogP contribution >= 0.6 is 0 Å². The molecule has 5 nitrogen and oxygen atoms in total. The molecule has 1 fully saturated rings. The van der Waals surface area contributed by atoms with Crippen molar-refractivity contribution in [3.63, 3.8) is 0 Å². The standard InChI is InChI=1S/C15H17F4NO4/c1-8-11(20-14(22)15(17,18)19)12(10(16)13(21)24-8)23-7-9-5-3-2-4-6-9/h2-6,8,10-13,21H,7H2,1H3,(H,20,22)/t8-,10+,11+,12-,13-/m0/s1. The van der Waals surface area contributed by atoms with Gasteiger partial charge in [0.2, 0.25) is 0 Å². The zero-order valence-electron chi connectivity index (χ0n) is 12.7. The first kappa shape index (κ1) is 18.6. The molecule has 0 bridgehead atoms. The van der Waals surface area contributed by atoms with Gasteiger partial charge in [-0.15, -0.1) is 0 Å². The molecule has 0 saturated carbocycles. The molecule has 0 spiro atoms. The van der Waals surface area contributed by atoms with Gasteiger partial charge in [-0.1, -0.05) is 30.3 Å². The molecule has 0 unspecified atom stereocenters. The van der Waals surface area contributed by atoms with Gasteiger partial charge in [-0.25, -0.2) is 4.39 Å². The number of carbonyl (C=O) groups excluding carboxylic acids is 1. The summed E-state index contributed by atoms with van der Waals surface area (Å²) < 4.78 is 61.7. The molecule has 2 rings (SSSR count). The van der Waals surface area contributed by atoms with Gasteiger partial charge in [0.15, 0.2) is 12.5 Å². The van der Waals surface area contributed by atoms with E-state index in [9.17, 15) is 27.5 Å². The van der Waals surface area contributed by atoms with Crippen molar-refractivity contribution in [1.82, 2.24) is 5.32 Å². The van der Waals surface area contributed by atoms with Crippen LogP contribution in [0.25, 0.3) is 0 Å². The zero-order chi connectivity index (χ0) is 17.9. The molecule has 2 N–H and O–H groups in total. The number of rotatable bonds is 4. The topological polar surface area (TPSA) is 67.8 Å². The van der Waals surface area contributed by atoms with Crippen LogP contribution in [0, 0.1) is 0 Å². The fourth-order valence-corrected chi connectivity index (χ4v) is 2.40. The lowest BCUT2D eigenvalue weighted by Crippen LogP contribution is -2.63. The molecular weight excluding hydrogens is 334 g/mol. The Kier molecular flexibility index (Phi) is 5.79. The van der Waals surface area contributed by atoms with Crippen LogP contribution in [-0.2, 0) is 20.9 Å². The highest BCUT2D eigenvalue weighted by molar-refractivity contribution is 5.82. The second-order valence-corrected chi connectivity index (χ2v) is 5.43. The molecule has 9 heteroatoms. The Labute approximate surface area is 135 Å². The minimum absolute atomic E-state index is 0.0935. The van der Waals surface area contributed by atoms with Crippen LogP contribution in [-0.4, -0.2) is 47.9 Å². The summed E-state index contributed by atoms with van der Waals surface area (Å²) in [6.07, 6.45) is -11.6. The summed E-state index contributed by atoms with van der Waals surface area (Å²) in [5, 5.41) is 11.2. The smallest absolute Gasteiger partial charge is 0.368 e. The summed E-state index contributed by atoms with van der Waals surface area (Å²) in [5.41, 5.74) is 0.666. The SMILES string of the molecule is C[C@@H]1O[C@H](O)[C@H](F)[C@H](OCc2ccccc2)[C@@H]1NC(=O)C(F)(F)F. The average Bonchev–Trinajstić information content (AvgIpc) is 2.52. The number of halogens is 4. The van der Waals surface area contributed by atoms with E-state index in [0.29, 0.717) is 5.56 Å². The maximum Gasteiger partial charge on any atom is 0.471 e. The Morgan fingerprint density at radius 3 is 2.54 bits per heavy atom. The minimum atomic E-state index is -5.12. The molecule has 1 aromatic rings. The maximum atomic E-state index is 14.2. The predicted molar refractivity (Wildman–Crippen MR) is 74.5 cm³/mol. The number of carbonyl (C=O) groups is 1. The van der Waals surface area contributed by atoms with Crippen LogP contribution in [0.15, 0.2) is 30.3 Å². The van der Waals surface area contributed by atoms with Gasteiger partial charge in [-0.05, 0) is 12.5 Å². The molecule has 1 aliphatic rings. The molecule has 0 radical (unpaired) electrons. The first-order valence-corrected chi connectivity index (χ1v) is 7.21. The van der Waals surface area contributed by atoms with E-state index in [2.05, 4.69) is 0 Å². The van der Waals surface area contributed by atoms with Crippen LogP contribution < -0.4 is 5.32 Å². The quantitative estimate of drug-likeness (QED) is 0.811. The van der Waals surface area contributed by atoms with Gasteiger partial charge in [-0.3, -0.25) is 4.79 Å². The van der Waals surface area contributed by atoms with Gasteiger partial charge in [0.25, 0.3) is 0 Å². The summed E-state index contributed by atoms with van der Waals surface area (Å²) in [6, 6.07) is 7.17. The lowest BCUT2D eigenvalue weighted by atomic mass is 9.97. The van der Waals surface area contributed by atoms with E-state index < -0.39 is 42.8 Å². The van der Waals surface area contributed by atoms with E-state index in [1.54, 1.807) is 35.6 Å². The number of hydrogen-bond acceptors (Lipinski definition) is 4. The van der Waals surface area contributed by atoms with Crippen molar-refractivity contribution in [2.75, 3.05) is 0 Å². The van der Waals surface area contributed by atoms with Gasteiger partial charge < -0.3 is 19.9 Å². The zero-order valence-corrected chi connectivity index (χ0v) is 12.7. The van der Waals surface area contributed by atoms with Gasteiger partial charge in [0.1, 0.15) is 6.10 Å². The van der Waals surface area contributed by atoms with Crippen molar-refractivity contribution in [3.8, 4) is 0 Å². The van der Waals surface area contributed by atoms with Gasteiger partial charge >= 0.3 is 12.1 Å². The van der Waals surface area contributed by atoms with E-state index >= 15 is 0 Å².